The van der Waals surface area contributed by atoms with Gasteiger partial charge < -0.3 is 5.32 Å². The zero-order chi connectivity index (χ0) is 10.7. The maximum absolute atomic E-state index is 5.93. The van der Waals surface area contributed by atoms with Crippen molar-refractivity contribution in [2.24, 2.45) is 5.92 Å². The van der Waals surface area contributed by atoms with Crippen LogP contribution in [0.4, 0.5) is 0 Å². The predicted molar refractivity (Wildman–Crippen MR) is 68.2 cm³/mol. The minimum absolute atomic E-state index is 0.433. The molecule has 1 aliphatic carbocycles. The van der Waals surface area contributed by atoms with Gasteiger partial charge in [-0.05, 0) is 43.0 Å². The highest BCUT2D eigenvalue weighted by molar-refractivity contribution is 9.10. The maximum Gasteiger partial charge on any atom is 0.0342 e. The SMILES string of the molecule is ClC1CC(CNCc2cccc(Br)c2)C1. The number of alkyl halides is 1. The van der Waals surface area contributed by atoms with Crippen LogP contribution < -0.4 is 5.32 Å². The van der Waals surface area contributed by atoms with E-state index in [9.17, 15) is 0 Å². The van der Waals surface area contributed by atoms with Crippen LogP contribution in [-0.4, -0.2) is 11.9 Å². The summed E-state index contributed by atoms with van der Waals surface area (Å²) in [4.78, 5) is 0. The van der Waals surface area contributed by atoms with E-state index in [0.29, 0.717) is 5.38 Å². The highest BCUT2D eigenvalue weighted by Gasteiger charge is 2.26. The van der Waals surface area contributed by atoms with Gasteiger partial charge in [-0.3, -0.25) is 0 Å². The lowest BCUT2D eigenvalue weighted by molar-refractivity contribution is 0.308. The quantitative estimate of drug-likeness (QED) is 0.836. The zero-order valence-electron chi connectivity index (χ0n) is 8.55. The summed E-state index contributed by atoms with van der Waals surface area (Å²) < 4.78 is 1.14. The minimum Gasteiger partial charge on any atom is -0.312 e. The Morgan fingerprint density at radius 1 is 1.40 bits per heavy atom. The minimum atomic E-state index is 0.433. The van der Waals surface area contributed by atoms with Gasteiger partial charge in [0, 0.05) is 16.4 Å². The smallest absolute Gasteiger partial charge is 0.0342 e. The van der Waals surface area contributed by atoms with E-state index in [1.165, 1.54) is 18.4 Å². The van der Waals surface area contributed by atoms with Crippen molar-refractivity contribution in [2.45, 2.75) is 24.8 Å². The van der Waals surface area contributed by atoms with Crippen molar-refractivity contribution in [1.82, 2.24) is 5.32 Å². The van der Waals surface area contributed by atoms with Crippen molar-refractivity contribution in [2.75, 3.05) is 6.54 Å². The van der Waals surface area contributed by atoms with Gasteiger partial charge in [-0.2, -0.15) is 0 Å². The zero-order valence-corrected chi connectivity index (χ0v) is 10.9. The number of nitrogens with one attached hydrogen (secondary N) is 1. The average molecular weight is 289 g/mol. The fraction of sp³-hybridized carbons (Fsp3) is 0.500. The van der Waals surface area contributed by atoms with Gasteiger partial charge >= 0.3 is 0 Å². The van der Waals surface area contributed by atoms with Crippen molar-refractivity contribution >= 4 is 27.5 Å². The van der Waals surface area contributed by atoms with Crippen LogP contribution in [0.25, 0.3) is 0 Å². The Kier molecular flexibility index (Phi) is 4.06. The number of hydrogen-bond donors (Lipinski definition) is 1. The Morgan fingerprint density at radius 2 is 2.20 bits per heavy atom. The lowest BCUT2D eigenvalue weighted by Gasteiger charge is -2.31. The third-order valence-corrected chi connectivity index (χ3v) is 3.68. The summed E-state index contributed by atoms with van der Waals surface area (Å²) in [5.74, 6) is 0.791. The molecular weight excluding hydrogens is 273 g/mol. The first-order valence-electron chi connectivity index (χ1n) is 5.33. The highest BCUT2D eigenvalue weighted by atomic mass is 79.9. The topological polar surface area (TPSA) is 12.0 Å². The van der Waals surface area contributed by atoms with E-state index >= 15 is 0 Å². The van der Waals surface area contributed by atoms with E-state index < -0.39 is 0 Å². The van der Waals surface area contributed by atoms with Crippen LogP contribution in [-0.2, 0) is 6.54 Å². The summed E-state index contributed by atoms with van der Waals surface area (Å²) in [5, 5.41) is 3.90. The van der Waals surface area contributed by atoms with E-state index in [1.807, 2.05) is 6.07 Å². The molecule has 82 valence electrons. The van der Waals surface area contributed by atoms with Gasteiger partial charge in [0.2, 0.25) is 0 Å². The van der Waals surface area contributed by atoms with E-state index in [1.54, 1.807) is 0 Å². The summed E-state index contributed by atoms with van der Waals surface area (Å²) in [6.07, 6.45) is 2.35. The first kappa shape index (κ1) is 11.4. The molecule has 0 spiro atoms. The Morgan fingerprint density at radius 3 is 2.87 bits per heavy atom. The molecule has 0 saturated heterocycles. The van der Waals surface area contributed by atoms with Crippen molar-refractivity contribution < 1.29 is 0 Å². The van der Waals surface area contributed by atoms with Gasteiger partial charge in [0.15, 0.2) is 0 Å². The maximum atomic E-state index is 5.93. The Balaban J connectivity index is 1.69. The molecule has 0 heterocycles. The molecule has 0 aromatic heterocycles. The van der Waals surface area contributed by atoms with Crippen LogP contribution in [0.2, 0.25) is 0 Å². The summed E-state index contributed by atoms with van der Waals surface area (Å²) >= 11 is 9.40. The molecule has 1 N–H and O–H groups in total. The normalized spacial score (nSPS) is 24.9. The van der Waals surface area contributed by atoms with Crippen molar-refractivity contribution in [3.05, 3.63) is 34.3 Å². The van der Waals surface area contributed by atoms with Crippen LogP contribution in [0.15, 0.2) is 28.7 Å². The van der Waals surface area contributed by atoms with Crippen molar-refractivity contribution in [3.63, 3.8) is 0 Å². The summed E-state index contributed by atoms with van der Waals surface area (Å²) in [5.41, 5.74) is 1.33. The molecule has 1 saturated carbocycles. The molecule has 1 fully saturated rings. The monoisotopic (exact) mass is 287 g/mol. The van der Waals surface area contributed by atoms with E-state index in [2.05, 4.69) is 39.4 Å². The van der Waals surface area contributed by atoms with Crippen LogP contribution in [0.5, 0.6) is 0 Å². The van der Waals surface area contributed by atoms with Crippen LogP contribution in [0.3, 0.4) is 0 Å². The van der Waals surface area contributed by atoms with E-state index in [4.69, 9.17) is 11.6 Å². The van der Waals surface area contributed by atoms with Crippen molar-refractivity contribution in [1.29, 1.82) is 0 Å². The lowest BCUT2D eigenvalue weighted by Crippen LogP contribution is -2.33. The van der Waals surface area contributed by atoms with Gasteiger partial charge in [-0.15, -0.1) is 11.6 Å². The van der Waals surface area contributed by atoms with Gasteiger partial charge in [0.25, 0.3) is 0 Å². The van der Waals surface area contributed by atoms with Crippen LogP contribution >= 0.6 is 27.5 Å². The molecule has 1 nitrogen and oxygen atoms in total. The third-order valence-electron chi connectivity index (χ3n) is 2.83. The standard InChI is InChI=1S/C12H15BrClN/c13-11-3-1-2-9(4-11)7-15-8-10-5-12(14)6-10/h1-4,10,12,15H,5-8H2. The number of halogens is 2. The van der Waals surface area contributed by atoms with Crippen LogP contribution in [0, 0.1) is 5.92 Å². The molecule has 2 rings (SSSR count). The average Bonchev–Trinajstić information content (AvgIpc) is 2.15. The van der Waals surface area contributed by atoms with Gasteiger partial charge in [0.1, 0.15) is 0 Å². The molecule has 0 amide bonds. The summed E-state index contributed by atoms with van der Waals surface area (Å²) in [6.45, 7) is 2.04. The van der Waals surface area contributed by atoms with Crippen LogP contribution in [0.1, 0.15) is 18.4 Å². The Bertz CT molecular complexity index is 323. The fourth-order valence-electron chi connectivity index (χ4n) is 1.89. The Labute approximate surface area is 104 Å². The van der Waals surface area contributed by atoms with E-state index in [-0.39, 0.29) is 0 Å². The summed E-state index contributed by atoms with van der Waals surface area (Å²) in [7, 11) is 0. The second-order valence-electron chi connectivity index (χ2n) is 4.20. The lowest BCUT2D eigenvalue weighted by atomic mass is 9.85. The molecule has 1 aromatic rings. The molecule has 0 atom stereocenters. The van der Waals surface area contributed by atoms with Gasteiger partial charge in [-0.1, -0.05) is 28.1 Å². The molecule has 0 aliphatic heterocycles. The molecule has 0 unspecified atom stereocenters. The number of hydrogen-bond acceptors (Lipinski definition) is 1. The number of benzene rings is 1. The first-order valence-corrected chi connectivity index (χ1v) is 6.56. The molecule has 3 heteroatoms. The fourth-order valence-corrected chi connectivity index (χ4v) is 2.84. The molecule has 0 bridgehead atoms. The highest BCUT2D eigenvalue weighted by Crippen LogP contribution is 2.31. The second kappa shape index (κ2) is 5.33. The molecule has 15 heavy (non-hydrogen) atoms. The largest absolute Gasteiger partial charge is 0.312 e. The summed E-state index contributed by atoms with van der Waals surface area (Å²) in [6, 6.07) is 8.41. The first-order chi connectivity index (χ1) is 7.24. The van der Waals surface area contributed by atoms with E-state index in [0.717, 1.165) is 23.5 Å². The van der Waals surface area contributed by atoms with Gasteiger partial charge in [0.05, 0.1) is 0 Å². The molecule has 1 aromatic carbocycles. The molecular formula is C12H15BrClN. The van der Waals surface area contributed by atoms with Gasteiger partial charge in [-0.25, -0.2) is 0 Å². The third kappa shape index (κ3) is 3.47. The Hall–Kier alpha value is -0.0500. The second-order valence-corrected chi connectivity index (χ2v) is 5.73. The van der Waals surface area contributed by atoms with Crippen molar-refractivity contribution in [3.8, 4) is 0 Å². The molecule has 1 aliphatic rings. The molecule has 0 radical (unpaired) electrons. The predicted octanol–water partition coefficient (Wildman–Crippen LogP) is 3.56. The number of rotatable bonds is 4.